The Balaban J connectivity index is 1.79. The summed E-state index contributed by atoms with van der Waals surface area (Å²) in [6.07, 6.45) is -2.40. The van der Waals surface area contributed by atoms with E-state index in [-0.39, 0.29) is 11.5 Å². The van der Waals surface area contributed by atoms with E-state index in [1.807, 2.05) is 0 Å². The van der Waals surface area contributed by atoms with Gasteiger partial charge in [0.05, 0.1) is 12.0 Å². The van der Waals surface area contributed by atoms with Crippen molar-refractivity contribution in [1.82, 2.24) is 10.6 Å². The Morgan fingerprint density at radius 2 is 2.04 bits per heavy atom. The first-order chi connectivity index (χ1) is 11.3. The summed E-state index contributed by atoms with van der Waals surface area (Å²) in [6, 6.07) is 6.87. The number of carbonyl (C=O) groups excluding carboxylic acids is 1. The fourth-order valence-electron chi connectivity index (χ4n) is 3.99. The molecule has 1 heterocycles. The fraction of sp³-hybridized carbons (Fsp3) is 0.588. The van der Waals surface area contributed by atoms with Crippen LogP contribution in [0.15, 0.2) is 30.3 Å². The van der Waals surface area contributed by atoms with Gasteiger partial charge in [0.25, 0.3) is 0 Å². The van der Waals surface area contributed by atoms with Crippen LogP contribution in [-0.4, -0.2) is 36.8 Å². The Bertz CT molecular complexity index is 596. The molecule has 1 saturated carbocycles. The van der Waals surface area contributed by atoms with E-state index in [9.17, 15) is 23.1 Å². The zero-order valence-corrected chi connectivity index (χ0v) is 13.2. The highest BCUT2D eigenvalue weighted by atomic mass is 19.4. The molecule has 0 radical (unpaired) electrons. The van der Waals surface area contributed by atoms with Crippen molar-refractivity contribution >= 4 is 5.91 Å². The molecular weight excluding hydrogens is 321 g/mol. The lowest BCUT2D eigenvalue weighted by atomic mass is 9.79. The molecule has 0 spiro atoms. The van der Waals surface area contributed by atoms with Crippen LogP contribution in [0, 0.1) is 11.3 Å². The average molecular weight is 342 g/mol. The standard InChI is InChI=1S/C17H21F3N2O2/c18-17(19,20)16(24,12-5-2-1-3-6-12)11-22-14(23)15-8-4-7-13(15)9-21-10-15/h1-3,5-6,13,21,24H,4,7-11H2,(H,22,23)/t13-,15-,16?/m1/s1. The van der Waals surface area contributed by atoms with Crippen LogP contribution in [0.2, 0.25) is 0 Å². The van der Waals surface area contributed by atoms with E-state index in [0.717, 1.165) is 19.4 Å². The Labute approximate surface area is 138 Å². The summed E-state index contributed by atoms with van der Waals surface area (Å²) in [5.41, 5.74) is -4.01. The second-order valence-corrected chi connectivity index (χ2v) is 6.78. The first-order valence-corrected chi connectivity index (χ1v) is 8.13. The molecule has 24 heavy (non-hydrogen) atoms. The molecule has 3 N–H and O–H groups in total. The number of halogens is 3. The van der Waals surface area contributed by atoms with Crippen molar-refractivity contribution in [2.24, 2.45) is 11.3 Å². The third-order valence-corrected chi connectivity index (χ3v) is 5.47. The molecule has 1 aliphatic carbocycles. The van der Waals surface area contributed by atoms with Gasteiger partial charge in [-0.05, 0) is 30.9 Å². The zero-order valence-electron chi connectivity index (χ0n) is 13.2. The maximum atomic E-state index is 13.5. The van der Waals surface area contributed by atoms with Crippen LogP contribution < -0.4 is 10.6 Å². The predicted molar refractivity (Wildman–Crippen MR) is 82.0 cm³/mol. The quantitative estimate of drug-likeness (QED) is 0.784. The Morgan fingerprint density at radius 1 is 1.33 bits per heavy atom. The van der Waals surface area contributed by atoms with Gasteiger partial charge in [-0.15, -0.1) is 0 Å². The van der Waals surface area contributed by atoms with Gasteiger partial charge in [0.15, 0.2) is 0 Å². The van der Waals surface area contributed by atoms with Crippen molar-refractivity contribution in [2.45, 2.75) is 31.0 Å². The molecule has 1 unspecified atom stereocenters. The zero-order chi connectivity index (χ0) is 17.4. The van der Waals surface area contributed by atoms with Gasteiger partial charge in [-0.1, -0.05) is 36.8 Å². The number of carbonyl (C=O) groups is 1. The fourth-order valence-corrected chi connectivity index (χ4v) is 3.99. The SMILES string of the molecule is O=C(NCC(O)(c1ccccc1)C(F)(F)F)[C@@]12CCC[C@@H]1CNC2. The molecule has 7 heteroatoms. The number of rotatable bonds is 4. The van der Waals surface area contributed by atoms with Gasteiger partial charge >= 0.3 is 6.18 Å². The van der Waals surface area contributed by atoms with Crippen LogP contribution in [0.5, 0.6) is 0 Å². The van der Waals surface area contributed by atoms with Crippen LogP contribution in [-0.2, 0) is 10.4 Å². The third kappa shape index (κ3) is 2.69. The summed E-state index contributed by atoms with van der Waals surface area (Å²) in [4.78, 5) is 12.6. The van der Waals surface area contributed by atoms with E-state index in [4.69, 9.17) is 0 Å². The number of nitrogens with one attached hydrogen (secondary N) is 2. The second-order valence-electron chi connectivity index (χ2n) is 6.78. The van der Waals surface area contributed by atoms with Crippen LogP contribution in [0.25, 0.3) is 0 Å². The lowest BCUT2D eigenvalue weighted by Gasteiger charge is -2.33. The van der Waals surface area contributed by atoms with E-state index < -0.39 is 29.6 Å². The van der Waals surface area contributed by atoms with E-state index in [1.54, 1.807) is 6.07 Å². The average Bonchev–Trinajstić information content (AvgIpc) is 3.12. The van der Waals surface area contributed by atoms with Gasteiger partial charge in [-0.3, -0.25) is 4.79 Å². The molecule has 1 saturated heterocycles. The van der Waals surface area contributed by atoms with E-state index >= 15 is 0 Å². The number of alkyl halides is 3. The number of benzene rings is 1. The molecule has 1 aromatic rings. The predicted octanol–water partition coefficient (Wildman–Crippen LogP) is 1.94. The van der Waals surface area contributed by atoms with E-state index in [2.05, 4.69) is 10.6 Å². The highest BCUT2D eigenvalue weighted by Gasteiger charge is 2.57. The molecule has 4 nitrogen and oxygen atoms in total. The first-order valence-electron chi connectivity index (χ1n) is 8.13. The van der Waals surface area contributed by atoms with Gasteiger partial charge in [-0.2, -0.15) is 13.2 Å². The molecule has 132 valence electrons. The van der Waals surface area contributed by atoms with Gasteiger partial charge in [0.1, 0.15) is 0 Å². The lowest BCUT2D eigenvalue weighted by Crippen LogP contribution is -2.54. The Kier molecular flexibility index (Phi) is 4.34. The summed E-state index contributed by atoms with van der Waals surface area (Å²) < 4.78 is 40.4. The van der Waals surface area contributed by atoms with Crippen molar-refractivity contribution < 1.29 is 23.1 Å². The minimum Gasteiger partial charge on any atom is -0.375 e. The van der Waals surface area contributed by atoms with Crippen LogP contribution in [0.4, 0.5) is 13.2 Å². The second kappa shape index (κ2) is 6.04. The van der Waals surface area contributed by atoms with Crippen molar-refractivity contribution in [1.29, 1.82) is 0 Å². The number of fused-ring (bicyclic) bond motifs is 1. The number of aliphatic hydroxyl groups is 1. The van der Waals surface area contributed by atoms with E-state index in [0.29, 0.717) is 13.0 Å². The number of amides is 1. The first kappa shape index (κ1) is 17.2. The Morgan fingerprint density at radius 3 is 2.71 bits per heavy atom. The molecule has 1 amide bonds. The molecule has 2 fully saturated rings. The Hall–Kier alpha value is -1.60. The minimum atomic E-state index is -4.89. The van der Waals surface area contributed by atoms with Crippen LogP contribution in [0.3, 0.4) is 0 Å². The lowest BCUT2D eigenvalue weighted by molar-refractivity contribution is -0.264. The molecule has 1 aromatic carbocycles. The number of hydrogen-bond acceptors (Lipinski definition) is 3. The van der Waals surface area contributed by atoms with Gasteiger partial charge < -0.3 is 15.7 Å². The molecule has 3 atom stereocenters. The van der Waals surface area contributed by atoms with Crippen molar-refractivity contribution in [3.8, 4) is 0 Å². The molecule has 3 rings (SSSR count). The number of hydrogen-bond donors (Lipinski definition) is 3. The van der Waals surface area contributed by atoms with Crippen molar-refractivity contribution in [2.75, 3.05) is 19.6 Å². The summed E-state index contributed by atoms with van der Waals surface area (Å²) in [6.45, 7) is 0.322. The van der Waals surface area contributed by atoms with Gasteiger partial charge in [0, 0.05) is 6.54 Å². The summed E-state index contributed by atoms with van der Waals surface area (Å²) in [7, 11) is 0. The largest absolute Gasteiger partial charge is 0.423 e. The monoisotopic (exact) mass is 342 g/mol. The van der Waals surface area contributed by atoms with Crippen LogP contribution >= 0.6 is 0 Å². The maximum absolute atomic E-state index is 13.5. The smallest absolute Gasteiger partial charge is 0.375 e. The normalized spacial score (nSPS) is 29.1. The summed E-state index contributed by atoms with van der Waals surface area (Å²) in [5, 5.41) is 15.8. The third-order valence-electron chi connectivity index (χ3n) is 5.47. The van der Waals surface area contributed by atoms with Crippen molar-refractivity contribution in [3.05, 3.63) is 35.9 Å². The summed E-state index contributed by atoms with van der Waals surface area (Å²) in [5.74, 6) is -0.234. The molecular formula is C17H21F3N2O2. The highest BCUT2D eigenvalue weighted by molar-refractivity contribution is 5.84. The van der Waals surface area contributed by atoms with Crippen molar-refractivity contribution in [3.63, 3.8) is 0 Å². The maximum Gasteiger partial charge on any atom is 0.423 e. The molecule has 1 aliphatic heterocycles. The molecule has 0 aromatic heterocycles. The van der Waals surface area contributed by atoms with Crippen LogP contribution in [0.1, 0.15) is 24.8 Å². The minimum absolute atomic E-state index is 0.160. The van der Waals surface area contributed by atoms with Gasteiger partial charge in [-0.25, -0.2) is 0 Å². The molecule has 2 aliphatic rings. The topological polar surface area (TPSA) is 61.4 Å². The van der Waals surface area contributed by atoms with Gasteiger partial charge in [0.2, 0.25) is 11.5 Å². The molecule has 0 bridgehead atoms. The highest BCUT2D eigenvalue weighted by Crippen LogP contribution is 2.46. The van der Waals surface area contributed by atoms with E-state index in [1.165, 1.54) is 24.3 Å². The summed E-state index contributed by atoms with van der Waals surface area (Å²) >= 11 is 0.